The summed E-state index contributed by atoms with van der Waals surface area (Å²) in [5, 5.41) is 0. The second-order valence-electron chi connectivity index (χ2n) is 2.21. The van der Waals surface area contributed by atoms with Crippen molar-refractivity contribution < 1.29 is 8.42 Å². The Labute approximate surface area is 74.6 Å². The van der Waals surface area contributed by atoms with Crippen LogP contribution in [0.2, 0.25) is 0 Å². The molecule has 0 amide bonds. The molecule has 7 heteroatoms. The molecule has 1 heterocycles. The summed E-state index contributed by atoms with van der Waals surface area (Å²) in [5.74, 6) is 0. The first-order chi connectivity index (χ1) is 4.47. The topological polar surface area (TPSA) is 49.4 Å². The highest BCUT2D eigenvalue weighted by atomic mass is 127. The van der Waals surface area contributed by atoms with Crippen LogP contribution in [0.5, 0.6) is 0 Å². The van der Waals surface area contributed by atoms with Crippen LogP contribution in [0, 0.1) is 0 Å². The molecule has 1 unspecified atom stereocenters. The van der Waals surface area contributed by atoms with E-state index in [1.54, 1.807) is 0 Å². The summed E-state index contributed by atoms with van der Waals surface area (Å²) >= 11 is 1.39. The molecular formula is C3H8IN2O2PS. The third-order valence-corrected chi connectivity index (χ3v) is 3.02. The van der Waals surface area contributed by atoms with Crippen molar-refractivity contribution in [3.63, 3.8) is 0 Å². The maximum atomic E-state index is 10.6. The molecule has 0 spiro atoms. The second-order valence-corrected chi connectivity index (χ2v) is 7.53. The van der Waals surface area contributed by atoms with E-state index >= 15 is 0 Å². The monoisotopic (exact) mass is 294 g/mol. The molecule has 1 aliphatic rings. The Morgan fingerprint density at radius 1 is 1.60 bits per heavy atom. The molecule has 0 aromatic rings. The molecule has 1 N–H and O–H groups in total. The standard InChI is InChI=1S/C3H8IN2O2PS/c4-10(7,8)5-3-1-6(9)2-3/h3,5H,1-2,9H2. The van der Waals surface area contributed by atoms with Gasteiger partial charge in [0.25, 0.3) is 7.19 Å². The molecule has 1 saturated heterocycles. The molecule has 1 fully saturated rings. The molecule has 0 aromatic carbocycles. The van der Waals surface area contributed by atoms with E-state index in [4.69, 9.17) is 0 Å². The van der Waals surface area contributed by atoms with Gasteiger partial charge >= 0.3 is 0 Å². The molecule has 60 valence electrons. The van der Waals surface area contributed by atoms with Crippen LogP contribution in [-0.4, -0.2) is 32.2 Å². The highest BCUT2D eigenvalue weighted by Crippen LogP contribution is 2.14. The van der Waals surface area contributed by atoms with Crippen LogP contribution in [-0.2, 0) is 7.19 Å². The fourth-order valence-corrected chi connectivity index (χ4v) is 2.92. The van der Waals surface area contributed by atoms with Crippen molar-refractivity contribution in [2.45, 2.75) is 6.04 Å². The lowest BCUT2D eigenvalue weighted by Crippen LogP contribution is -2.54. The van der Waals surface area contributed by atoms with Gasteiger partial charge in [-0.05, 0) is 0 Å². The minimum atomic E-state index is -3.02. The van der Waals surface area contributed by atoms with Gasteiger partial charge in [-0.2, -0.15) is 0 Å². The first kappa shape index (κ1) is 9.12. The summed E-state index contributed by atoms with van der Waals surface area (Å²) in [7, 11) is -0.513. The molecular weight excluding hydrogens is 286 g/mol. The number of halogens is 1. The minimum absolute atomic E-state index is 0.111. The van der Waals surface area contributed by atoms with Gasteiger partial charge in [0.15, 0.2) is 0 Å². The number of hydrogen-bond donors (Lipinski definition) is 1. The quantitative estimate of drug-likeness (QED) is 0.433. The summed E-state index contributed by atoms with van der Waals surface area (Å²) in [6, 6.07) is 0.111. The van der Waals surface area contributed by atoms with Crippen molar-refractivity contribution >= 4 is 37.8 Å². The summed E-state index contributed by atoms with van der Waals surface area (Å²) < 4.78 is 25.6. The maximum absolute atomic E-state index is 10.6. The van der Waals surface area contributed by atoms with Gasteiger partial charge in [0.2, 0.25) is 0 Å². The lowest BCUT2D eigenvalue weighted by molar-refractivity contribution is 0.273. The van der Waals surface area contributed by atoms with Crippen molar-refractivity contribution in [2.75, 3.05) is 13.1 Å². The number of rotatable bonds is 2. The normalized spacial score (nSPS) is 22.6. The molecule has 0 radical (unpaired) electrons. The van der Waals surface area contributed by atoms with Crippen molar-refractivity contribution in [1.29, 1.82) is 0 Å². The van der Waals surface area contributed by atoms with Gasteiger partial charge in [-0.25, -0.2) is 13.1 Å². The molecule has 0 bridgehead atoms. The molecule has 10 heavy (non-hydrogen) atoms. The van der Waals surface area contributed by atoms with Gasteiger partial charge in [-0.1, -0.05) is 9.39 Å². The maximum Gasteiger partial charge on any atom is 0.265 e. The van der Waals surface area contributed by atoms with Gasteiger partial charge in [0.1, 0.15) is 0 Å². The molecule has 4 nitrogen and oxygen atoms in total. The van der Waals surface area contributed by atoms with Crippen molar-refractivity contribution in [3.05, 3.63) is 0 Å². The van der Waals surface area contributed by atoms with Crippen LogP contribution in [0.25, 0.3) is 0 Å². The van der Waals surface area contributed by atoms with E-state index in [1.165, 1.54) is 21.2 Å². The fourth-order valence-electron chi connectivity index (χ4n) is 0.786. The summed E-state index contributed by atoms with van der Waals surface area (Å²) in [4.78, 5) is 0. The van der Waals surface area contributed by atoms with E-state index in [9.17, 15) is 8.42 Å². The first-order valence-electron chi connectivity index (χ1n) is 2.69. The lowest BCUT2D eigenvalue weighted by atomic mass is 10.2. The van der Waals surface area contributed by atoms with E-state index in [0.29, 0.717) is 0 Å². The summed E-state index contributed by atoms with van der Waals surface area (Å²) in [6.07, 6.45) is 0. The average molecular weight is 294 g/mol. The van der Waals surface area contributed by atoms with E-state index in [2.05, 4.69) is 14.1 Å². The Morgan fingerprint density at radius 2 is 2.10 bits per heavy atom. The SMILES string of the molecule is O=S(=O)(I)NC1CN(P)C1. The Balaban J connectivity index is 2.30. The Kier molecular flexibility index (Phi) is 2.90. The molecule has 1 atom stereocenters. The second kappa shape index (κ2) is 3.18. The van der Waals surface area contributed by atoms with Crippen molar-refractivity contribution in [1.82, 2.24) is 9.39 Å². The zero-order chi connectivity index (χ0) is 7.78. The lowest BCUT2D eigenvalue weighted by Gasteiger charge is -2.35. The van der Waals surface area contributed by atoms with Crippen LogP contribution in [0.4, 0.5) is 0 Å². The Morgan fingerprint density at radius 3 is 2.40 bits per heavy atom. The van der Waals surface area contributed by atoms with Gasteiger partial charge < -0.3 is 0 Å². The minimum Gasteiger partial charge on any atom is -0.284 e. The first-order valence-corrected chi connectivity index (χ1v) is 7.23. The Hall–Kier alpha value is 1.03. The average Bonchev–Trinajstić information content (AvgIpc) is 1.57. The van der Waals surface area contributed by atoms with Gasteiger partial charge in [0, 0.05) is 19.1 Å². The third-order valence-electron chi connectivity index (χ3n) is 1.22. The predicted molar refractivity (Wildman–Crippen MR) is 51.1 cm³/mol. The molecule has 0 saturated carbocycles. The molecule has 0 aliphatic carbocycles. The largest absolute Gasteiger partial charge is 0.284 e. The summed E-state index contributed by atoms with van der Waals surface area (Å²) in [5.41, 5.74) is 0. The third kappa shape index (κ3) is 2.96. The van der Waals surface area contributed by atoms with Crippen molar-refractivity contribution in [2.24, 2.45) is 0 Å². The van der Waals surface area contributed by atoms with Crippen LogP contribution in [0.1, 0.15) is 0 Å². The van der Waals surface area contributed by atoms with E-state index < -0.39 is 7.19 Å². The highest BCUT2D eigenvalue weighted by Gasteiger charge is 2.26. The molecule has 0 aromatic heterocycles. The smallest absolute Gasteiger partial charge is 0.265 e. The molecule has 1 rings (SSSR count). The van der Waals surface area contributed by atoms with Gasteiger partial charge in [-0.15, -0.1) is 0 Å². The highest BCUT2D eigenvalue weighted by molar-refractivity contribution is 14.2. The van der Waals surface area contributed by atoms with Crippen LogP contribution >= 0.6 is 30.6 Å². The van der Waals surface area contributed by atoms with Gasteiger partial charge in [-0.3, -0.25) is 4.67 Å². The number of nitrogens with zero attached hydrogens (tertiary/aromatic N) is 1. The van der Waals surface area contributed by atoms with Crippen molar-refractivity contribution in [3.8, 4) is 0 Å². The summed E-state index contributed by atoms with van der Waals surface area (Å²) in [6.45, 7) is 1.57. The van der Waals surface area contributed by atoms with Crippen LogP contribution in [0.15, 0.2) is 0 Å². The zero-order valence-corrected chi connectivity index (χ0v) is 9.25. The zero-order valence-electron chi connectivity index (χ0n) is 5.12. The fraction of sp³-hybridized carbons (Fsp3) is 1.00. The molecule has 1 aliphatic heterocycles. The van der Waals surface area contributed by atoms with E-state index in [1.807, 2.05) is 4.67 Å². The van der Waals surface area contributed by atoms with Crippen LogP contribution in [0.3, 0.4) is 0 Å². The van der Waals surface area contributed by atoms with Crippen LogP contribution < -0.4 is 4.72 Å². The van der Waals surface area contributed by atoms with Gasteiger partial charge in [0.05, 0.1) is 21.2 Å². The Bertz CT molecular complexity index is 213. The number of nitrogens with one attached hydrogen (secondary N) is 1. The van der Waals surface area contributed by atoms with E-state index in [-0.39, 0.29) is 6.04 Å². The van der Waals surface area contributed by atoms with E-state index in [0.717, 1.165) is 13.1 Å². The predicted octanol–water partition coefficient (Wildman–Crippen LogP) is -0.270. The number of hydrogen-bond acceptors (Lipinski definition) is 3.